The molecule has 2 amide bonds. The van der Waals surface area contributed by atoms with Crippen molar-refractivity contribution in [3.05, 3.63) is 71.0 Å². The van der Waals surface area contributed by atoms with E-state index in [9.17, 15) is 14.0 Å². The van der Waals surface area contributed by atoms with Gasteiger partial charge in [-0.2, -0.15) is 0 Å². The fraction of sp³-hybridized carbons (Fsp3) is 0.391. The molecule has 0 bridgehead atoms. The zero-order chi connectivity index (χ0) is 21.5. The van der Waals surface area contributed by atoms with Crippen LogP contribution in [-0.2, 0) is 9.47 Å². The van der Waals surface area contributed by atoms with E-state index < -0.39 is 5.82 Å². The van der Waals surface area contributed by atoms with Crippen molar-refractivity contribution in [3.63, 3.8) is 0 Å². The van der Waals surface area contributed by atoms with Crippen molar-refractivity contribution in [2.75, 3.05) is 46.5 Å². The molecule has 0 aromatic heterocycles. The highest BCUT2D eigenvalue weighted by atomic mass is 19.1. The maximum atomic E-state index is 13.2. The van der Waals surface area contributed by atoms with E-state index in [0.29, 0.717) is 50.5 Å². The monoisotopic (exact) mass is 414 g/mol. The average molecular weight is 414 g/mol. The second kappa shape index (κ2) is 10.3. The second-order valence-electron chi connectivity index (χ2n) is 7.31. The number of carbonyl (C=O) groups is 2. The Balaban J connectivity index is 1.69. The van der Waals surface area contributed by atoms with Crippen molar-refractivity contribution in [1.29, 1.82) is 0 Å². The Morgan fingerprint density at radius 2 is 1.93 bits per heavy atom. The lowest BCUT2D eigenvalue weighted by atomic mass is 10.1. The molecule has 160 valence electrons. The van der Waals surface area contributed by atoms with Crippen molar-refractivity contribution < 1.29 is 23.5 Å². The van der Waals surface area contributed by atoms with Gasteiger partial charge in [-0.15, -0.1) is 0 Å². The van der Waals surface area contributed by atoms with E-state index in [-0.39, 0.29) is 17.9 Å². The standard InChI is InChI=1S/C23H27FN2O4/c1-17-5-3-4-6-21(17)23(28)26-12-14-30-20(16-26)15-25(11-13-29-2)22(27)18-7-9-19(24)10-8-18/h3-10,20H,11-16H2,1-2H3. The van der Waals surface area contributed by atoms with Crippen molar-refractivity contribution in [1.82, 2.24) is 9.80 Å². The van der Waals surface area contributed by atoms with Gasteiger partial charge in [0.1, 0.15) is 5.82 Å². The van der Waals surface area contributed by atoms with Crippen molar-refractivity contribution in [2.45, 2.75) is 13.0 Å². The van der Waals surface area contributed by atoms with Gasteiger partial charge in [0, 0.05) is 44.4 Å². The molecule has 1 fully saturated rings. The molecule has 30 heavy (non-hydrogen) atoms. The van der Waals surface area contributed by atoms with Gasteiger partial charge < -0.3 is 19.3 Å². The number of methoxy groups -OCH3 is 1. The fourth-order valence-electron chi connectivity index (χ4n) is 3.50. The summed E-state index contributed by atoms with van der Waals surface area (Å²) in [7, 11) is 1.57. The summed E-state index contributed by atoms with van der Waals surface area (Å²) in [6, 6.07) is 13.0. The van der Waals surface area contributed by atoms with Gasteiger partial charge in [0.15, 0.2) is 0 Å². The summed E-state index contributed by atoms with van der Waals surface area (Å²) in [4.78, 5) is 29.3. The molecule has 0 aliphatic carbocycles. The summed E-state index contributed by atoms with van der Waals surface area (Å²) >= 11 is 0. The van der Waals surface area contributed by atoms with Crippen molar-refractivity contribution in [3.8, 4) is 0 Å². The van der Waals surface area contributed by atoms with Crippen LogP contribution in [0.4, 0.5) is 4.39 Å². The smallest absolute Gasteiger partial charge is 0.254 e. The molecule has 0 N–H and O–H groups in total. The van der Waals surface area contributed by atoms with Gasteiger partial charge in [0.25, 0.3) is 11.8 Å². The summed E-state index contributed by atoms with van der Waals surface area (Å²) in [5.74, 6) is -0.649. The van der Waals surface area contributed by atoms with Crippen LogP contribution in [0, 0.1) is 12.7 Å². The molecule has 7 heteroatoms. The molecule has 1 saturated heterocycles. The van der Waals surface area contributed by atoms with Crippen LogP contribution in [0.2, 0.25) is 0 Å². The van der Waals surface area contributed by atoms with Crippen LogP contribution in [0.1, 0.15) is 26.3 Å². The van der Waals surface area contributed by atoms with Crippen molar-refractivity contribution >= 4 is 11.8 Å². The highest BCUT2D eigenvalue weighted by Crippen LogP contribution is 2.16. The molecule has 1 aliphatic rings. The Morgan fingerprint density at radius 3 is 2.63 bits per heavy atom. The largest absolute Gasteiger partial charge is 0.383 e. The minimum Gasteiger partial charge on any atom is -0.383 e. The van der Waals surface area contributed by atoms with Gasteiger partial charge >= 0.3 is 0 Å². The summed E-state index contributed by atoms with van der Waals surface area (Å²) in [6.45, 7) is 4.28. The Bertz CT molecular complexity index is 872. The zero-order valence-electron chi connectivity index (χ0n) is 17.3. The third-order valence-corrected chi connectivity index (χ3v) is 5.17. The van der Waals surface area contributed by atoms with E-state index in [1.165, 1.54) is 24.3 Å². The first-order valence-corrected chi connectivity index (χ1v) is 10.00. The first-order chi connectivity index (χ1) is 14.5. The normalized spacial score (nSPS) is 16.4. The highest BCUT2D eigenvalue weighted by molar-refractivity contribution is 5.96. The predicted molar refractivity (Wildman–Crippen MR) is 111 cm³/mol. The molecular weight excluding hydrogens is 387 g/mol. The molecular formula is C23H27FN2O4. The Hall–Kier alpha value is -2.77. The van der Waals surface area contributed by atoms with E-state index in [4.69, 9.17) is 9.47 Å². The summed E-state index contributed by atoms with van der Waals surface area (Å²) in [6.07, 6.45) is -0.312. The number of hydrogen-bond donors (Lipinski definition) is 0. The van der Waals surface area contributed by atoms with Crippen LogP contribution in [0.3, 0.4) is 0 Å². The van der Waals surface area contributed by atoms with E-state index in [1.807, 2.05) is 31.2 Å². The number of amides is 2. The molecule has 0 spiro atoms. The van der Waals surface area contributed by atoms with Gasteiger partial charge in [0.05, 0.1) is 19.3 Å². The molecule has 2 aromatic rings. The Morgan fingerprint density at radius 1 is 1.20 bits per heavy atom. The maximum absolute atomic E-state index is 13.2. The van der Waals surface area contributed by atoms with Crippen LogP contribution in [-0.4, -0.2) is 74.2 Å². The van der Waals surface area contributed by atoms with Gasteiger partial charge in [-0.1, -0.05) is 18.2 Å². The van der Waals surface area contributed by atoms with Gasteiger partial charge in [-0.05, 0) is 42.8 Å². The number of nitrogens with zero attached hydrogens (tertiary/aromatic N) is 2. The van der Waals surface area contributed by atoms with Crippen LogP contribution in [0.25, 0.3) is 0 Å². The number of rotatable bonds is 7. The lowest BCUT2D eigenvalue weighted by Gasteiger charge is -2.36. The molecule has 3 rings (SSSR count). The van der Waals surface area contributed by atoms with E-state index in [1.54, 1.807) is 16.9 Å². The van der Waals surface area contributed by atoms with Crippen LogP contribution in [0.15, 0.2) is 48.5 Å². The zero-order valence-corrected chi connectivity index (χ0v) is 17.3. The molecule has 0 saturated carbocycles. The molecule has 6 nitrogen and oxygen atoms in total. The lowest BCUT2D eigenvalue weighted by Crippen LogP contribution is -2.51. The fourth-order valence-corrected chi connectivity index (χ4v) is 3.50. The van der Waals surface area contributed by atoms with Crippen LogP contribution in [0.5, 0.6) is 0 Å². The maximum Gasteiger partial charge on any atom is 0.254 e. The highest BCUT2D eigenvalue weighted by Gasteiger charge is 2.28. The quantitative estimate of drug-likeness (QED) is 0.699. The SMILES string of the molecule is COCCN(CC1CN(C(=O)c2ccccc2C)CCO1)C(=O)c1ccc(F)cc1. The number of morpholine rings is 1. The Kier molecular flexibility index (Phi) is 7.54. The van der Waals surface area contributed by atoms with Crippen LogP contribution < -0.4 is 0 Å². The minimum absolute atomic E-state index is 0.0327. The number of hydrogen-bond acceptors (Lipinski definition) is 4. The van der Waals surface area contributed by atoms with Gasteiger partial charge in [0.2, 0.25) is 0 Å². The summed E-state index contributed by atoms with van der Waals surface area (Å²) < 4.78 is 24.2. The number of benzene rings is 2. The molecule has 0 radical (unpaired) electrons. The Labute approximate surface area is 176 Å². The van der Waals surface area contributed by atoms with E-state index in [0.717, 1.165) is 5.56 Å². The van der Waals surface area contributed by atoms with E-state index in [2.05, 4.69) is 0 Å². The first kappa shape index (κ1) is 21.9. The minimum atomic E-state index is -0.393. The lowest BCUT2D eigenvalue weighted by molar-refractivity contribution is -0.0347. The second-order valence-corrected chi connectivity index (χ2v) is 7.31. The molecule has 1 atom stereocenters. The first-order valence-electron chi connectivity index (χ1n) is 10.00. The van der Waals surface area contributed by atoms with Gasteiger partial charge in [-0.25, -0.2) is 4.39 Å². The third-order valence-electron chi connectivity index (χ3n) is 5.17. The number of carbonyl (C=O) groups excluding carboxylic acids is 2. The van der Waals surface area contributed by atoms with Crippen molar-refractivity contribution in [2.24, 2.45) is 0 Å². The van der Waals surface area contributed by atoms with E-state index >= 15 is 0 Å². The predicted octanol–water partition coefficient (Wildman–Crippen LogP) is 2.76. The topological polar surface area (TPSA) is 59.1 Å². The number of aryl methyl sites for hydroxylation is 1. The summed E-state index contributed by atoms with van der Waals surface area (Å²) in [5.41, 5.74) is 2.01. The van der Waals surface area contributed by atoms with Crippen LogP contribution >= 0.6 is 0 Å². The molecule has 1 aliphatic heterocycles. The third kappa shape index (κ3) is 5.43. The average Bonchev–Trinajstić information content (AvgIpc) is 2.77. The molecule has 1 unspecified atom stereocenters. The number of halogens is 1. The summed E-state index contributed by atoms with van der Waals surface area (Å²) in [5, 5.41) is 0. The molecule has 1 heterocycles. The van der Waals surface area contributed by atoms with Gasteiger partial charge in [-0.3, -0.25) is 9.59 Å². The number of ether oxygens (including phenoxy) is 2. The molecule has 2 aromatic carbocycles.